The maximum Gasteiger partial charge on any atom is 0.337 e. The zero-order chi connectivity index (χ0) is 22.9. The van der Waals surface area contributed by atoms with Crippen molar-refractivity contribution in [3.05, 3.63) is 59.3 Å². The standard InChI is InChI=1S/C24H24F2N4O3.CH4/c1-32-24(31)15-9-19(21-3-2-4-30(21)18-12-16(25)11-17(26)13-18)23-20(10-15)27-14-22(28-23)29-5-7-33-8-6-29;/h9-14,21H,2-8H2,1H3;1H4. The SMILES string of the molecule is C.COC(=O)c1cc(C2CCCN2c2cc(F)cc(F)c2)c2nc(N3CCOCC3)cnc2c1. The molecule has 2 fully saturated rings. The lowest BCUT2D eigenvalue weighted by atomic mass is 9.99. The highest BCUT2D eigenvalue weighted by atomic mass is 19.1. The lowest BCUT2D eigenvalue weighted by Gasteiger charge is -2.29. The van der Waals surface area contributed by atoms with Crippen LogP contribution in [-0.4, -0.2) is 55.9 Å². The van der Waals surface area contributed by atoms with Crippen LogP contribution in [0.4, 0.5) is 20.3 Å². The third-order valence-electron chi connectivity index (χ3n) is 6.21. The van der Waals surface area contributed by atoms with Crippen LogP contribution >= 0.6 is 0 Å². The van der Waals surface area contributed by atoms with Crippen molar-refractivity contribution >= 4 is 28.5 Å². The molecule has 0 N–H and O–H groups in total. The number of anilines is 2. The Hall–Kier alpha value is -3.33. The second kappa shape index (κ2) is 9.89. The molecule has 2 aliphatic heterocycles. The van der Waals surface area contributed by atoms with Gasteiger partial charge in [0.25, 0.3) is 0 Å². The molecule has 0 saturated carbocycles. The first kappa shape index (κ1) is 23.8. The molecular formula is C25H28F2N4O3. The van der Waals surface area contributed by atoms with E-state index in [1.807, 2.05) is 4.90 Å². The fraction of sp³-hybridized carbons (Fsp3) is 0.400. The van der Waals surface area contributed by atoms with Crippen LogP contribution in [0.2, 0.25) is 0 Å². The van der Waals surface area contributed by atoms with Gasteiger partial charge < -0.3 is 19.3 Å². The molecule has 1 atom stereocenters. The van der Waals surface area contributed by atoms with E-state index in [1.54, 1.807) is 18.3 Å². The zero-order valence-electron chi connectivity index (χ0n) is 18.3. The van der Waals surface area contributed by atoms with Crippen LogP contribution in [0.25, 0.3) is 11.0 Å². The third kappa shape index (κ3) is 4.52. The molecule has 2 aliphatic rings. The van der Waals surface area contributed by atoms with Gasteiger partial charge in [-0.2, -0.15) is 0 Å². The summed E-state index contributed by atoms with van der Waals surface area (Å²) in [7, 11) is 1.33. The molecule has 5 rings (SSSR count). The number of fused-ring (bicyclic) bond motifs is 1. The Kier molecular flexibility index (Phi) is 6.92. The highest BCUT2D eigenvalue weighted by molar-refractivity contribution is 5.95. The van der Waals surface area contributed by atoms with E-state index in [1.165, 1.54) is 19.2 Å². The summed E-state index contributed by atoms with van der Waals surface area (Å²) in [6.45, 7) is 3.31. The monoisotopic (exact) mass is 470 g/mol. The van der Waals surface area contributed by atoms with Crippen molar-refractivity contribution in [1.82, 2.24) is 9.97 Å². The molecule has 2 aromatic carbocycles. The number of benzene rings is 2. The van der Waals surface area contributed by atoms with Gasteiger partial charge in [-0.05, 0) is 37.1 Å². The average Bonchev–Trinajstić information content (AvgIpc) is 3.32. The number of ether oxygens (including phenoxy) is 2. The van der Waals surface area contributed by atoms with Crippen molar-refractivity contribution in [3.8, 4) is 0 Å². The van der Waals surface area contributed by atoms with Gasteiger partial charge in [0, 0.05) is 37.0 Å². The van der Waals surface area contributed by atoms with E-state index in [-0.39, 0.29) is 13.5 Å². The lowest BCUT2D eigenvalue weighted by Crippen LogP contribution is -2.36. The molecule has 7 nitrogen and oxygen atoms in total. The number of carbonyl (C=O) groups excluding carboxylic acids is 1. The van der Waals surface area contributed by atoms with Crippen molar-refractivity contribution in [3.63, 3.8) is 0 Å². The van der Waals surface area contributed by atoms with Crippen molar-refractivity contribution in [1.29, 1.82) is 0 Å². The van der Waals surface area contributed by atoms with Crippen molar-refractivity contribution in [2.75, 3.05) is 49.8 Å². The van der Waals surface area contributed by atoms with Crippen molar-refractivity contribution < 1.29 is 23.0 Å². The number of methoxy groups -OCH3 is 1. The van der Waals surface area contributed by atoms with Crippen molar-refractivity contribution in [2.24, 2.45) is 0 Å². The van der Waals surface area contributed by atoms with E-state index in [2.05, 4.69) is 9.88 Å². The second-order valence-corrected chi connectivity index (χ2v) is 8.23. The predicted molar refractivity (Wildman–Crippen MR) is 126 cm³/mol. The molecule has 34 heavy (non-hydrogen) atoms. The molecule has 1 unspecified atom stereocenters. The van der Waals surface area contributed by atoms with Gasteiger partial charge in [0.2, 0.25) is 0 Å². The molecule has 3 aromatic rings. The first-order valence-electron chi connectivity index (χ1n) is 11.0. The van der Waals surface area contributed by atoms with Crippen LogP contribution in [-0.2, 0) is 9.47 Å². The maximum atomic E-state index is 14.0. The van der Waals surface area contributed by atoms with Gasteiger partial charge in [-0.15, -0.1) is 0 Å². The normalized spacial score (nSPS) is 18.1. The summed E-state index contributed by atoms with van der Waals surface area (Å²) in [6.07, 6.45) is 3.29. The van der Waals surface area contributed by atoms with Crippen LogP contribution in [0, 0.1) is 11.6 Å². The number of halogens is 2. The van der Waals surface area contributed by atoms with E-state index < -0.39 is 17.6 Å². The quantitative estimate of drug-likeness (QED) is 0.520. The van der Waals surface area contributed by atoms with Crippen molar-refractivity contribution in [2.45, 2.75) is 26.3 Å². The van der Waals surface area contributed by atoms with Gasteiger partial charge >= 0.3 is 5.97 Å². The number of nitrogens with zero attached hydrogens (tertiary/aromatic N) is 4. The molecule has 0 aliphatic carbocycles. The van der Waals surface area contributed by atoms with Gasteiger partial charge in [-0.3, -0.25) is 4.98 Å². The Labute approximate surface area is 197 Å². The van der Waals surface area contributed by atoms with E-state index >= 15 is 0 Å². The average molecular weight is 471 g/mol. The van der Waals surface area contributed by atoms with Crippen LogP contribution in [0.3, 0.4) is 0 Å². The smallest absolute Gasteiger partial charge is 0.337 e. The lowest BCUT2D eigenvalue weighted by molar-refractivity contribution is 0.0600. The second-order valence-electron chi connectivity index (χ2n) is 8.23. The minimum atomic E-state index is -0.627. The molecule has 9 heteroatoms. The van der Waals surface area contributed by atoms with Crippen LogP contribution in [0.15, 0.2) is 36.5 Å². The number of rotatable bonds is 4. The number of morpholine rings is 1. The molecule has 0 amide bonds. The molecule has 0 spiro atoms. The molecule has 0 bridgehead atoms. The number of hydrogen-bond donors (Lipinski definition) is 0. The molecule has 3 heterocycles. The summed E-state index contributed by atoms with van der Waals surface area (Å²) in [5, 5.41) is 0. The van der Waals surface area contributed by atoms with E-state index in [0.29, 0.717) is 55.1 Å². The largest absolute Gasteiger partial charge is 0.465 e. The van der Waals surface area contributed by atoms with Gasteiger partial charge in [0.05, 0.1) is 49.2 Å². The molecule has 1 aromatic heterocycles. The number of esters is 1. The summed E-state index contributed by atoms with van der Waals surface area (Å²) < 4.78 is 38.3. The molecule has 2 saturated heterocycles. The topological polar surface area (TPSA) is 67.8 Å². The van der Waals surface area contributed by atoms with Crippen LogP contribution in [0.5, 0.6) is 0 Å². The van der Waals surface area contributed by atoms with Gasteiger partial charge in [-0.25, -0.2) is 18.6 Å². The van der Waals surface area contributed by atoms with Gasteiger partial charge in [-0.1, -0.05) is 7.43 Å². The Bertz CT molecular complexity index is 1180. The Morgan fingerprint density at radius 3 is 2.53 bits per heavy atom. The molecule has 0 radical (unpaired) electrons. The minimum Gasteiger partial charge on any atom is -0.465 e. The first-order valence-corrected chi connectivity index (χ1v) is 11.0. The summed E-state index contributed by atoms with van der Waals surface area (Å²) >= 11 is 0. The minimum absolute atomic E-state index is 0. The van der Waals surface area contributed by atoms with Crippen LogP contribution in [0.1, 0.15) is 42.2 Å². The highest BCUT2D eigenvalue weighted by Crippen LogP contribution is 2.39. The highest BCUT2D eigenvalue weighted by Gasteiger charge is 2.30. The maximum absolute atomic E-state index is 14.0. The summed E-state index contributed by atoms with van der Waals surface area (Å²) in [5.74, 6) is -0.991. The Balaban J connectivity index is 0.00000274. The van der Waals surface area contributed by atoms with Gasteiger partial charge in [0.1, 0.15) is 17.5 Å². The molecular weight excluding hydrogens is 442 g/mol. The summed E-state index contributed by atoms with van der Waals surface area (Å²) in [6, 6.07) is 6.75. The zero-order valence-corrected chi connectivity index (χ0v) is 18.3. The molecule has 180 valence electrons. The summed E-state index contributed by atoms with van der Waals surface area (Å²) in [5.41, 5.74) is 2.86. The van der Waals surface area contributed by atoms with E-state index in [4.69, 9.17) is 14.5 Å². The number of carbonyl (C=O) groups is 1. The summed E-state index contributed by atoms with van der Waals surface area (Å²) in [4.78, 5) is 26.0. The Morgan fingerprint density at radius 2 is 1.82 bits per heavy atom. The van der Waals surface area contributed by atoms with Crippen LogP contribution < -0.4 is 9.80 Å². The third-order valence-corrected chi connectivity index (χ3v) is 6.21. The fourth-order valence-electron chi connectivity index (χ4n) is 4.67. The van der Waals surface area contributed by atoms with Gasteiger partial charge in [0.15, 0.2) is 0 Å². The van der Waals surface area contributed by atoms with E-state index in [0.717, 1.165) is 30.3 Å². The first-order chi connectivity index (χ1) is 16.0. The predicted octanol–water partition coefficient (Wildman–Crippen LogP) is 4.51. The number of aromatic nitrogens is 2. The Morgan fingerprint density at radius 1 is 1.09 bits per heavy atom. The number of hydrogen-bond acceptors (Lipinski definition) is 7. The van der Waals surface area contributed by atoms with E-state index in [9.17, 15) is 13.6 Å². The fourth-order valence-corrected chi connectivity index (χ4v) is 4.67.